The van der Waals surface area contributed by atoms with Crippen molar-refractivity contribution in [3.63, 3.8) is 0 Å². The number of benzene rings is 1. The minimum Gasteiger partial charge on any atom is -0.493 e. The van der Waals surface area contributed by atoms with Gasteiger partial charge in [0.1, 0.15) is 11.8 Å². The van der Waals surface area contributed by atoms with Crippen molar-refractivity contribution in [2.45, 2.75) is 24.8 Å². The SMILES string of the molecule is COc1cc(C=O)cc(C2(N=C=O)CCC2)c1OC. The van der Waals surface area contributed by atoms with Crippen LogP contribution in [0.1, 0.15) is 35.2 Å². The molecule has 2 rings (SSSR count). The van der Waals surface area contributed by atoms with E-state index in [4.69, 9.17) is 9.47 Å². The van der Waals surface area contributed by atoms with Crippen LogP contribution in [-0.4, -0.2) is 26.6 Å². The Morgan fingerprint density at radius 1 is 1.32 bits per heavy atom. The van der Waals surface area contributed by atoms with Gasteiger partial charge in [0.05, 0.1) is 14.2 Å². The maximum atomic E-state index is 11.0. The van der Waals surface area contributed by atoms with E-state index >= 15 is 0 Å². The van der Waals surface area contributed by atoms with Gasteiger partial charge in [-0.25, -0.2) is 4.79 Å². The molecule has 100 valence electrons. The first kappa shape index (κ1) is 13.3. The quantitative estimate of drug-likeness (QED) is 0.463. The number of carbonyl (C=O) groups excluding carboxylic acids is 2. The molecule has 0 aliphatic heterocycles. The second-order valence-electron chi connectivity index (χ2n) is 4.51. The lowest BCUT2D eigenvalue weighted by molar-refractivity contribution is 0.112. The van der Waals surface area contributed by atoms with Crippen molar-refractivity contribution in [2.24, 2.45) is 4.99 Å². The summed E-state index contributed by atoms with van der Waals surface area (Å²) in [5, 5.41) is 0. The molecule has 1 saturated carbocycles. The van der Waals surface area contributed by atoms with Crippen LogP contribution in [0.15, 0.2) is 17.1 Å². The zero-order valence-corrected chi connectivity index (χ0v) is 10.9. The molecular formula is C14H15NO4. The van der Waals surface area contributed by atoms with E-state index in [0.717, 1.165) is 25.5 Å². The Labute approximate surface area is 111 Å². The number of hydrogen-bond acceptors (Lipinski definition) is 5. The molecule has 0 spiro atoms. The summed E-state index contributed by atoms with van der Waals surface area (Å²) in [6.45, 7) is 0. The summed E-state index contributed by atoms with van der Waals surface area (Å²) in [4.78, 5) is 25.6. The van der Waals surface area contributed by atoms with Crippen molar-refractivity contribution in [3.8, 4) is 11.5 Å². The third-order valence-corrected chi connectivity index (χ3v) is 3.58. The maximum Gasteiger partial charge on any atom is 0.235 e. The summed E-state index contributed by atoms with van der Waals surface area (Å²) < 4.78 is 10.6. The lowest BCUT2D eigenvalue weighted by Gasteiger charge is -2.38. The monoisotopic (exact) mass is 261 g/mol. The molecule has 5 nitrogen and oxygen atoms in total. The molecule has 1 aromatic rings. The standard InChI is InChI=1S/C14H15NO4/c1-18-12-7-10(8-16)6-11(13(12)19-2)14(15-9-17)4-3-5-14/h6-8H,3-5H2,1-2H3. The smallest absolute Gasteiger partial charge is 0.235 e. The van der Waals surface area contributed by atoms with Crippen molar-refractivity contribution < 1.29 is 19.1 Å². The number of carbonyl (C=O) groups is 1. The minimum absolute atomic E-state index is 0.467. The van der Waals surface area contributed by atoms with Crippen LogP contribution in [0.25, 0.3) is 0 Å². The van der Waals surface area contributed by atoms with E-state index < -0.39 is 5.54 Å². The second-order valence-corrected chi connectivity index (χ2v) is 4.51. The number of methoxy groups -OCH3 is 2. The van der Waals surface area contributed by atoms with Crippen molar-refractivity contribution in [1.29, 1.82) is 0 Å². The summed E-state index contributed by atoms with van der Waals surface area (Å²) in [6, 6.07) is 3.31. The van der Waals surface area contributed by atoms with Crippen molar-refractivity contribution in [2.75, 3.05) is 14.2 Å². The van der Waals surface area contributed by atoms with Crippen LogP contribution in [0, 0.1) is 0 Å². The topological polar surface area (TPSA) is 65.0 Å². The van der Waals surface area contributed by atoms with E-state index in [1.54, 1.807) is 18.2 Å². The van der Waals surface area contributed by atoms with E-state index in [2.05, 4.69) is 4.99 Å². The van der Waals surface area contributed by atoms with E-state index in [9.17, 15) is 9.59 Å². The maximum absolute atomic E-state index is 11.0. The van der Waals surface area contributed by atoms with Crippen molar-refractivity contribution >= 4 is 12.4 Å². The Kier molecular flexibility index (Phi) is 3.67. The highest BCUT2D eigenvalue weighted by molar-refractivity contribution is 5.78. The van der Waals surface area contributed by atoms with Gasteiger partial charge in [0.2, 0.25) is 6.08 Å². The van der Waals surface area contributed by atoms with Crippen LogP contribution in [0.5, 0.6) is 11.5 Å². The van der Waals surface area contributed by atoms with Crippen LogP contribution in [0.2, 0.25) is 0 Å². The number of rotatable bonds is 5. The molecule has 0 atom stereocenters. The fraction of sp³-hybridized carbons (Fsp3) is 0.429. The van der Waals surface area contributed by atoms with Crippen molar-refractivity contribution in [1.82, 2.24) is 0 Å². The van der Waals surface area contributed by atoms with Gasteiger partial charge in [-0.3, -0.25) is 4.79 Å². The summed E-state index contributed by atoms with van der Waals surface area (Å²) >= 11 is 0. The van der Waals surface area contributed by atoms with Gasteiger partial charge in [0.25, 0.3) is 0 Å². The first-order valence-corrected chi connectivity index (χ1v) is 6.01. The lowest BCUT2D eigenvalue weighted by atomic mass is 9.71. The summed E-state index contributed by atoms with van der Waals surface area (Å²) in [7, 11) is 3.03. The highest BCUT2D eigenvalue weighted by Gasteiger charge is 2.42. The molecular weight excluding hydrogens is 246 g/mol. The van der Waals surface area contributed by atoms with E-state index in [1.165, 1.54) is 14.2 Å². The molecule has 1 aliphatic rings. The van der Waals surface area contributed by atoms with Crippen LogP contribution in [0.3, 0.4) is 0 Å². The predicted molar refractivity (Wildman–Crippen MR) is 68.6 cm³/mol. The molecule has 0 saturated heterocycles. The van der Waals surface area contributed by atoms with Gasteiger partial charge < -0.3 is 9.47 Å². The third-order valence-electron chi connectivity index (χ3n) is 3.58. The number of aldehydes is 1. The first-order valence-electron chi connectivity index (χ1n) is 6.01. The van der Waals surface area contributed by atoms with E-state index in [1.807, 2.05) is 0 Å². The Morgan fingerprint density at radius 3 is 2.47 bits per heavy atom. The van der Waals surface area contributed by atoms with Crippen LogP contribution in [-0.2, 0) is 10.3 Å². The molecule has 1 aromatic carbocycles. The molecule has 1 fully saturated rings. The van der Waals surface area contributed by atoms with Gasteiger partial charge in [-0.2, -0.15) is 4.99 Å². The summed E-state index contributed by atoms with van der Waals surface area (Å²) in [5.74, 6) is 0.987. The average Bonchev–Trinajstić information content (AvgIpc) is 2.41. The molecule has 0 radical (unpaired) electrons. The molecule has 0 bridgehead atoms. The number of isocyanates is 1. The summed E-state index contributed by atoms with van der Waals surface area (Å²) in [6.07, 6.45) is 4.82. The number of hydrogen-bond donors (Lipinski definition) is 0. The van der Waals surface area contributed by atoms with E-state index in [0.29, 0.717) is 22.6 Å². The fourth-order valence-corrected chi connectivity index (χ4v) is 2.44. The first-order chi connectivity index (χ1) is 9.20. The Balaban J connectivity index is 2.66. The van der Waals surface area contributed by atoms with Crippen LogP contribution >= 0.6 is 0 Å². The Morgan fingerprint density at radius 2 is 2.05 bits per heavy atom. The number of nitrogens with zero attached hydrogens (tertiary/aromatic N) is 1. The number of ether oxygens (including phenoxy) is 2. The molecule has 0 N–H and O–H groups in total. The summed E-state index contributed by atoms with van der Waals surface area (Å²) in [5.41, 5.74) is 0.561. The molecule has 19 heavy (non-hydrogen) atoms. The zero-order valence-electron chi connectivity index (χ0n) is 10.9. The highest BCUT2D eigenvalue weighted by Crippen LogP contribution is 2.50. The third kappa shape index (κ3) is 2.13. The Hall–Kier alpha value is -2.13. The minimum atomic E-state index is -0.626. The molecule has 0 aromatic heterocycles. The van der Waals surface area contributed by atoms with Gasteiger partial charge in [0, 0.05) is 11.1 Å². The molecule has 0 amide bonds. The lowest BCUT2D eigenvalue weighted by Crippen LogP contribution is -2.32. The van der Waals surface area contributed by atoms with Crippen molar-refractivity contribution in [3.05, 3.63) is 23.3 Å². The van der Waals surface area contributed by atoms with Gasteiger partial charge >= 0.3 is 0 Å². The zero-order chi connectivity index (χ0) is 13.9. The van der Waals surface area contributed by atoms with Gasteiger partial charge in [0.15, 0.2) is 11.5 Å². The number of aliphatic imine (C=N–C) groups is 1. The van der Waals surface area contributed by atoms with Crippen LogP contribution < -0.4 is 9.47 Å². The van der Waals surface area contributed by atoms with Gasteiger partial charge in [-0.15, -0.1) is 0 Å². The highest BCUT2D eigenvalue weighted by atomic mass is 16.5. The fourth-order valence-electron chi connectivity index (χ4n) is 2.44. The molecule has 0 heterocycles. The molecule has 5 heteroatoms. The molecule has 0 unspecified atom stereocenters. The Bertz CT molecular complexity index is 543. The van der Waals surface area contributed by atoms with Gasteiger partial charge in [-0.1, -0.05) is 0 Å². The second kappa shape index (κ2) is 5.24. The predicted octanol–water partition coefficient (Wildman–Crippen LogP) is 2.23. The van der Waals surface area contributed by atoms with Crippen LogP contribution in [0.4, 0.5) is 0 Å². The van der Waals surface area contributed by atoms with E-state index in [-0.39, 0.29) is 0 Å². The molecule has 1 aliphatic carbocycles. The average molecular weight is 261 g/mol. The normalized spacial score (nSPS) is 15.9. The largest absolute Gasteiger partial charge is 0.493 e. The van der Waals surface area contributed by atoms with Gasteiger partial charge in [-0.05, 0) is 31.4 Å².